The summed E-state index contributed by atoms with van der Waals surface area (Å²) in [7, 11) is -3.50. The average Bonchev–Trinajstić information content (AvgIpc) is 2.82. The van der Waals surface area contributed by atoms with Crippen molar-refractivity contribution < 1.29 is 18.0 Å². The van der Waals surface area contributed by atoms with Crippen LogP contribution in [0.1, 0.15) is 57.6 Å². The topological polar surface area (TPSA) is 86.8 Å². The fourth-order valence-electron chi connectivity index (χ4n) is 3.86. The molecule has 0 bridgehead atoms. The van der Waals surface area contributed by atoms with Crippen LogP contribution < -0.4 is 9.62 Å². The molecule has 2 aromatic rings. The summed E-state index contributed by atoms with van der Waals surface area (Å²) < 4.78 is 26.2. The van der Waals surface area contributed by atoms with Crippen molar-refractivity contribution in [1.29, 1.82) is 0 Å². The first kappa shape index (κ1) is 28.4. The van der Waals surface area contributed by atoms with Gasteiger partial charge in [-0.2, -0.15) is 0 Å². The van der Waals surface area contributed by atoms with E-state index in [0.29, 0.717) is 25.1 Å². The predicted molar refractivity (Wildman–Crippen MR) is 142 cm³/mol. The molecule has 2 atom stereocenters. The van der Waals surface area contributed by atoms with Crippen molar-refractivity contribution in [2.75, 3.05) is 17.1 Å². The van der Waals surface area contributed by atoms with Gasteiger partial charge >= 0.3 is 0 Å². The number of rotatable bonds is 13. The molecule has 192 valence electrons. The second-order valence-electron chi connectivity index (χ2n) is 9.02. The highest BCUT2D eigenvalue weighted by Gasteiger charge is 2.29. The highest BCUT2D eigenvalue weighted by Crippen LogP contribution is 2.20. The maximum atomic E-state index is 13.4. The summed E-state index contributed by atoms with van der Waals surface area (Å²) in [5.41, 5.74) is 2.55. The third-order valence-corrected chi connectivity index (χ3v) is 7.25. The Kier molecular flexibility index (Phi) is 10.8. The lowest BCUT2D eigenvalue weighted by molar-refractivity contribution is -0.141. The van der Waals surface area contributed by atoms with Crippen molar-refractivity contribution in [2.24, 2.45) is 0 Å². The molecule has 0 aliphatic rings. The lowest BCUT2D eigenvalue weighted by Crippen LogP contribution is -2.50. The van der Waals surface area contributed by atoms with E-state index < -0.39 is 16.1 Å². The van der Waals surface area contributed by atoms with Crippen LogP contribution in [0.4, 0.5) is 5.69 Å². The second-order valence-corrected chi connectivity index (χ2v) is 10.9. The zero-order valence-corrected chi connectivity index (χ0v) is 22.3. The molecule has 0 unspecified atom stereocenters. The molecule has 0 aliphatic heterocycles. The minimum absolute atomic E-state index is 0.0167. The summed E-state index contributed by atoms with van der Waals surface area (Å²) in [4.78, 5) is 28.0. The first-order valence-corrected chi connectivity index (χ1v) is 14.1. The number of anilines is 1. The Labute approximate surface area is 210 Å². The molecule has 8 heteroatoms. The molecule has 2 rings (SSSR count). The SMILES string of the molecule is CC[C@@H](C)NC(=O)[C@@H](CC)N(Cc1ccccc1)C(=O)CCCN(c1ccc(C)cc1)S(C)(=O)=O. The van der Waals surface area contributed by atoms with Crippen LogP contribution in [0.25, 0.3) is 0 Å². The molecule has 0 heterocycles. The lowest BCUT2D eigenvalue weighted by atomic mass is 10.1. The van der Waals surface area contributed by atoms with Crippen LogP contribution in [0.15, 0.2) is 54.6 Å². The molecular formula is C27H39N3O4S. The van der Waals surface area contributed by atoms with Gasteiger partial charge in [-0.25, -0.2) is 8.42 Å². The molecule has 35 heavy (non-hydrogen) atoms. The molecule has 0 spiro atoms. The molecule has 0 aromatic heterocycles. The third-order valence-electron chi connectivity index (χ3n) is 6.06. The smallest absolute Gasteiger partial charge is 0.243 e. The molecule has 0 fully saturated rings. The van der Waals surface area contributed by atoms with Crippen molar-refractivity contribution in [1.82, 2.24) is 10.2 Å². The van der Waals surface area contributed by atoms with Crippen LogP contribution >= 0.6 is 0 Å². The van der Waals surface area contributed by atoms with E-state index >= 15 is 0 Å². The van der Waals surface area contributed by atoms with Crippen LogP contribution in [0.3, 0.4) is 0 Å². The lowest BCUT2D eigenvalue weighted by Gasteiger charge is -2.32. The summed E-state index contributed by atoms with van der Waals surface area (Å²) in [6, 6.07) is 16.3. The fourth-order valence-corrected chi connectivity index (χ4v) is 4.82. The van der Waals surface area contributed by atoms with Gasteiger partial charge in [-0.1, -0.05) is 61.9 Å². The van der Waals surface area contributed by atoms with Gasteiger partial charge in [-0.05, 0) is 50.8 Å². The molecular weight excluding hydrogens is 462 g/mol. The number of carbonyl (C=O) groups excluding carboxylic acids is 2. The van der Waals surface area contributed by atoms with Gasteiger partial charge in [0.2, 0.25) is 21.8 Å². The summed E-state index contributed by atoms with van der Waals surface area (Å²) >= 11 is 0. The number of aryl methyl sites for hydroxylation is 1. The van der Waals surface area contributed by atoms with Crippen molar-refractivity contribution in [3.05, 3.63) is 65.7 Å². The Balaban J connectivity index is 2.18. The number of nitrogens with zero attached hydrogens (tertiary/aromatic N) is 2. The molecule has 2 aromatic carbocycles. The van der Waals surface area contributed by atoms with Crippen LogP contribution in [0.5, 0.6) is 0 Å². The zero-order valence-electron chi connectivity index (χ0n) is 21.5. The Morgan fingerprint density at radius 2 is 1.60 bits per heavy atom. The predicted octanol–water partition coefficient (Wildman–Crippen LogP) is 4.26. The van der Waals surface area contributed by atoms with E-state index in [2.05, 4.69) is 5.32 Å². The Morgan fingerprint density at radius 3 is 2.14 bits per heavy atom. The number of nitrogens with one attached hydrogen (secondary N) is 1. The molecule has 0 saturated heterocycles. The molecule has 0 radical (unpaired) electrons. The van der Waals surface area contributed by atoms with Gasteiger partial charge in [0, 0.05) is 25.6 Å². The van der Waals surface area contributed by atoms with Gasteiger partial charge in [0.25, 0.3) is 0 Å². The first-order chi connectivity index (χ1) is 16.6. The summed E-state index contributed by atoms with van der Waals surface area (Å²) in [5, 5.41) is 3.00. The number of hydrogen-bond acceptors (Lipinski definition) is 4. The van der Waals surface area contributed by atoms with Gasteiger partial charge in [0.15, 0.2) is 0 Å². The van der Waals surface area contributed by atoms with Crippen molar-refractivity contribution in [2.45, 2.75) is 72.0 Å². The number of hydrogen-bond donors (Lipinski definition) is 1. The van der Waals surface area contributed by atoms with Gasteiger partial charge < -0.3 is 10.2 Å². The summed E-state index contributed by atoms with van der Waals surface area (Å²) in [6.45, 7) is 8.28. The number of amides is 2. The molecule has 0 aliphatic carbocycles. The van der Waals surface area contributed by atoms with Gasteiger partial charge in [0.1, 0.15) is 6.04 Å². The number of benzene rings is 2. The second kappa shape index (κ2) is 13.3. The van der Waals surface area contributed by atoms with E-state index in [0.717, 1.165) is 17.5 Å². The van der Waals surface area contributed by atoms with Crippen LogP contribution in [0.2, 0.25) is 0 Å². The molecule has 2 amide bonds. The monoisotopic (exact) mass is 501 g/mol. The van der Waals surface area contributed by atoms with E-state index in [9.17, 15) is 18.0 Å². The largest absolute Gasteiger partial charge is 0.352 e. The number of sulfonamides is 1. The van der Waals surface area contributed by atoms with Crippen molar-refractivity contribution >= 4 is 27.5 Å². The minimum Gasteiger partial charge on any atom is -0.352 e. The van der Waals surface area contributed by atoms with E-state index in [4.69, 9.17) is 0 Å². The Morgan fingerprint density at radius 1 is 0.971 bits per heavy atom. The highest BCUT2D eigenvalue weighted by molar-refractivity contribution is 7.92. The Bertz CT molecular complexity index is 1060. The average molecular weight is 502 g/mol. The Hall–Kier alpha value is -2.87. The molecule has 0 saturated carbocycles. The van der Waals surface area contributed by atoms with E-state index in [1.165, 1.54) is 10.6 Å². The van der Waals surface area contributed by atoms with Gasteiger partial charge in [-0.15, -0.1) is 0 Å². The normalized spacial score (nSPS) is 13.1. The number of carbonyl (C=O) groups is 2. The van der Waals surface area contributed by atoms with Gasteiger partial charge in [-0.3, -0.25) is 13.9 Å². The third kappa shape index (κ3) is 8.69. The van der Waals surface area contributed by atoms with E-state index in [1.807, 2.05) is 70.2 Å². The quantitative estimate of drug-likeness (QED) is 0.444. The highest BCUT2D eigenvalue weighted by atomic mass is 32.2. The summed E-state index contributed by atoms with van der Waals surface area (Å²) in [5.74, 6) is -0.332. The maximum absolute atomic E-state index is 13.4. The molecule has 7 nitrogen and oxygen atoms in total. The van der Waals surface area contributed by atoms with E-state index in [1.54, 1.807) is 17.0 Å². The van der Waals surface area contributed by atoms with Crippen molar-refractivity contribution in [3.63, 3.8) is 0 Å². The maximum Gasteiger partial charge on any atom is 0.243 e. The van der Waals surface area contributed by atoms with Crippen LogP contribution in [0, 0.1) is 6.92 Å². The van der Waals surface area contributed by atoms with Gasteiger partial charge in [0.05, 0.1) is 11.9 Å². The van der Waals surface area contributed by atoms with Crippen molar-refractivity contribution in [3.8, 4) is 0 Å². The van der Waals surface area contributed by atoms with E-state index in [-0.39, 0.29) is 30.8 Å². The zero-order chi connectivity index (χ0) is 26.0. The first-order valence-electron chi connectivity index (χ1n) is 12.2. The fraction of sp³-hybridized carbons (Fsp3) is 0.481. The van der Waals surface area contributed by atoms with Crippen LogP contribution in [-0.4, -0.2) is 50.0 Å². The summed E-state index contributed by atoms with van der Waals surface area (Å²) in [6.07, 6.45) is 2.93. The molecule has 1 N–H and O–H groups in total. The standard InChI is InChI=1S/C27H39N3O4S/c1-6-22(4)28-27(32)25(7-2)29(20-23-12-9-8-10-13-23)26(31)14-11-19-30(35(5,33)34)24-17-15-21(3)16-18-24/h8-10,12-13,15-18,22,25H,6-7,11,14,19-20H2,1-5H3,(H,28,32)/t22-,25-/m1/s1. The minimum atomic E-state index is -3.50. The van der Waals surface area contributed by atoms with Crippen LogP contribution in [-0.2, 0) is 26.2 Å².